The maximum Gasteiger partial charge on any atom is 0.277 e. The zero-order valence-corrected chi connectivity index (χ0v) is 13.7. The van der Waals surface area contributed by atoms with Crippen molar-refractivity contribution in [2.45, 2.75) is 26.2 Å². The van der Waals surface area contributed by atoms with Crippen LogP contribution in [0.25, 0.3) is 0 Å². The molecule has 1 N–H and O–H groups in total. The molecule has 0 bridgehead atoms. The highest BCUT2D eigenvalue weighted by molar-refractivity contribution is 5.82. The number of hydrazone groups is 1. The summed E-state index contributed by atoms with van der Waals surface area (Å²) in [5, 5.41) is 3.90. The van der Waals surface area contributed by atoms with Gasteiger partial charge in [-0.15, -0.1) is 0 Å². The fourth-order valence-electron chi connectivity index (χ4n) is 1.95. The second-order valence-corrected chi connectivity index (χ2v) is 6.27. The van der Waals surface area contributed by atoms with Crippen LogP contribution in [0.2, 0.25) is 0 Å². The minimum Gasteiger partial charge on any atom is -0.484 e. The molecule has 23 heavy (non-hydrogen) atoms. The molecule has 0 radical (unpaired) electrons. The summed E-state index contributed by atoms with van der Waals surface area (Å²) in [7, 11) is 0. The number of benzene rings is 2. The summed E-state index contributed by atoms with van der Waals surface area (Å²) in [6, 6.07) is 17.3. The molecular weight excluding hydrogens is 288 g/mol. The molecule has 1 amide bonds. The van der Waals surface area contributed by atoms with Crippen molar-refractivity contribution in [2.75, 3.05) is 6.61 Å². The fraction of sp³-hybridized carbons (Fsp3) is 0.263. The Bertz CT molecular complexity index is 656. The van der Waals surface area contributed by atoms with Crippen LogP contribution >= 0.6 is 0 Å². The summed E-state index contributed by atoms with van der Waals surface area (Å²) in [5.74, 6) is 0.372. The number of carbonyl (C=O) groups is 1. The molecule has 0 aromatic heterocycles. The molecular formula is C19H22N2O2. The molecule has 0 spiro atoms. The summed E-state index contributed by atoms with van der Waals surface area (Å²) in [4.78, 5) is 11.7. The lowest BCUT2D eigenvalue weighted by Crippen LogP contribution is -2.24. The van der Waals surface area contributed by atoms with Gasteiger partial charge in [0.2, 0.25) is 0 Å². The van der Waals surface area contributed by atoms with E-state index in [4.69, 9.17) is 4.74 Å². The van der Waals surface area contributed by atoms with E-state index in [0.29, 0.717) is 5.75 Å². The third-order valence-electron chi connectivity index (χ3n) is 3.29. The Morgan fingerprint density at radius 1 is 1.09 bits per heavy atom. The molecule has 2 rings (SSSR count). The maximum atomic E-state index is 11.7. The zero-order valence-electron chi connectivity index (χ0n) is 13.7. The number of ether oxygens (including phenoxy) is 1. The molecule has 0 saturated carbocycles. The van der Waals surface area contributed by atoms with Crippen LogP contribution in [0.3, 0.4) is 0 Å². The predicted molar refractivity (Wildman–Crippen MR) is 92.8 cm³/mol. The van der Waals surface area contributed by atoms with Crippen LogP contribution in [0.5, 0.6) is 5.75 Å². The highest BCUT2D eigenvalue weighted by atomic mass is 16.5. The van der Waals surface area contributed by atoms with Crippen LogP contribution in [0.4, 0.5) is 0 Å². The van der Waals surface area contributed by atoms with Gasteiger partial charge in [-0.2, -0.15) is 5.10 Å². The van der Waals surface area contributed by atoms with E-state index in [2.05, 4.69) is 31.3 Å². The van der Waals surface area contributed by atoms with Crippen molar-refractivity contribution in [1.82, 2.24) is 5.43 Å². The first-order valence-electron chi connectivity index (χ1n) is 7.55. The van der Waals surface area contributed by atoms with Gasteiger partial charge < -0.3 is 4.74 Å². The molecule has 0 atom stereocenters. The molecule has 0 aliphatic rings. The second kappa shape index (κ2) is 7.58. The Morgan fingerprint density at radius 2 is 1.74 bits per heavy atom. The number of hydrogen-bond acceptors (Lipinski definition) is 3. The zero-order chi connectivity index (χ0) is 16.7. The monoisotopic (exact) mass is 310 g/mol. The Morgan fingerprint density at radius 3 is 2.35 bits per heavy atom. The van der Waals surface area contributed by atoms with Crippen LogP contribution in [0.15, 0.2) is 59.7 Å². The molecule has 2 aromatic carbocycles. The Kier molecular flexibility index (Phi) is 5.52. The average Bonchev–Trinajstić information content (AvgIpc) is 2.53. The van der Waals surface area contributed by atoms with Crippen LogP contribution in [0.1, 0.15) is 31.9 Å². The molecule has 0 heterocycles. The van der Waals surface area contributed by atoms with E-state index in [1.165, 1.54) is 5.56 Å². The summed E-state index contributed by atoms with van der Waals surface area (Å²) < 4.78 is 5.45. The molecule has 120 valence electrons. The van der Waals surface area contributed by atoms with Gasteiger partial charge in [-0.25, -0.2) is 5.43 Å². The lowest BCUT2D eigenvalue weighted by Gasteiger charge is -2.19. The second-order valence-electron chi connectivity index (χ2n) is 6.27. The van der Waals surface area contributed by atoms with Gasteiger partial charge in [0.25, 0.3) is 5.91 Å². The van der Waals surface area contributed by atoms with E-state index in [-0.39, 0.29) is 17.9 Å². The molecule has 0 fully saturated rings. The quantitative estimate of drug-likeness (QED) is 0.678. The molecule has 4 nitrogen and oxygen atoms in total. The van der Waals surface area contributed by atoms with Crippen LogP contribution in [0, 0.1) is 0 Å². The van der Waals surface area contributed by atoms with Crippen molar-refractivity contribution < 1.29 is 9.53 Å². The third kappa shape index (κ3) is 5.58. The highest BCUT2D eigenvalue weighted by Gasteiger charge is 2.13. The van der Waals surface area contributed by atoms with Crippen LogP contribution in [-0.2, 0) is 10.2 Å². The van der Waals surface area contributed by atoms with E-state index in [1.54, 1.807) is 6.21 Å². The topological polar surface area (TPSA) is 50.7 Å². The average molecular weight is 310 g/mol. The first-order valence-corrected chi connectivity index (χ1v) is 7.55. The van der Waals surface area contributed by atoms with Crippen molar-refractivity contribution in [2.24, 2.45) is 5.10 Å². The SMILES string of the molecule is CC(C)(C)c1ccc(OCC(=O)NN=Cc2ccccc2)cc1. The van der Waals surface area contributed by atoms with E-state index >= 15 is 0 Å². The van der Waals surface area contributed by atoms with Crippen molar-refractivity contribution in [3.8, 4) is 5.75 Å². The molecule has 0 unspecified atom stereocenters. The van der Waals surface area contributed by atoms with Gasteiger partial charge in [0.1, 0.15) is 5.75 Å². The third-order valence-corrected chi connectivity index (χ3v) is 3.29. The number of amides is 1. The predicted octanol–water partition coefficient (Wildman–Crippen LogP) is 3.51. The number of hydrogen-bond donors (Lipinski definition) is 1. The number of nitrogens with one attached hydrogen (secondary N) is 1. The van der Waals surface area contributed by atoms with Crippen molar-refractivity contribution in [1.29, 1.82) is 0 Å². The fourth-order valence-corrected chi connectivity index (χ4v) is 1.95. The first kappa shape index (κ1) is 16.7. The number of rotatable bonds is 5. The van der Waals surface area contributed by atoms with Gasteiger partial charge in [0.05, 0.1) is 6.21 Å². The maximum absolute atomic E-state index is 11.7. The van der Waals surface area contributed by atoms with Crippen LogP contribution in [-0.4, -0.2) is 18.7 Å². The lowest BCUT2D eigenvalue weighted by molar-refractivity contribution is -0.123. The largest absolute Gasteiger partial charge is 0.484 e. The molecule has 0 saturated heterocycles. The molecule has 2 aromatic rings. The van der Waals surface area contributed by atoms with Crippen molar-refractivity contribution >= 4 is 12.1 Å². The van der Waals surface area contributed by atoms with E-state index in [9.17, 15) is 4.79 Å². The number of carbonyl (C=O) groups excluding carboxylic acids is 1. The van der Waals surface area contributed by atoms with Crippen LogP contribution < -0.4 is 10.2 Å². The minimum absolute atomic E-state index is 0.0685. The van der Waals surface area contributed by atoms with Crippen molar-refractivity contribution in [3.63, 3.8) is 0 Å². The standard InChI is InChI=1S/C19H22N2O2/c1-19(2,3)16-9-11-17(12-10-16)23-14-18(22)21-20-13-15-7-5-4-6-8-15/h4-13H,14H2,1-3H3,(H,21,22). The summed E-state index contributed by atoms with van der Waals surface area (Å²) in [6.07, 6.45) is 1.59. The smallest absolute Gasteiger partial charge is 0.277 e. The van der Waals surface area contributed by atoms with Gasteiger partial charge >= 0.3 is 0 Å². The van der Waals surface area contributed by atoms with Gasteiger partial charge in [0, 0.05) is 0 Å². The minimum atomic E-state index is -0.294. The van der Waals surface area contributed by atoms with E-state index in [0.717, 1.165) is 5.56 Å². The lowest BCUT2D eigenvalue weighted by atomic mass is 9.87. The molecule has 0 aliphatic heterocycles. The summed E-state index contributed by atoms with van der Waals surface area (Å²) >= 11 is 0. The Balaban J connectivity index is 1.79. The van der Waals surface area contributed by atoms with Gasteiger partial charge in [0.15, 0.2) is 6.61 Å². The normalized spacial score (nSPS) is 11.4. The van der Waals surface area contributed by atoms with Gasteiger partial charge in [-0.05, 0) is 28.7 Å². The Labute approximate surface area is 137 Å². The van der Waals surface area contributed by atoms with Gasteiger partial charge in [-0.3, -0.25) is 4.79 Å². The number of nitrogens with zero attached hydrogens (tertiary/aromatic N) is 1. The Hall–Kier alpha value is -2.62. The summed E-state index contributed by atoms with van der Waals surface area (Å²) in [5.41, 5.74) is 4.69. The first-order chi connectivity index (χ1) is 10.9. The van der Waals surface area contributed by atoms with E-state index in [1.807, 2.05) is 54.6 Å². The van der Waals surface area contributed by atoms with Crippen molar-refractivity contribution in [3.05, 3.63) is 65.7 Å². The molecule has 4 heteroatoms. The van der Waals surface area contributed by atoms with E-state index < -0.39 is 0 Å². The highest BCUT2D eigenvalue weighted by Crippen LogP contribution is 2.24. The molecule has 0 aliphatic carbocycles. The summed E-state index contributed by atoms with van der Waals surface area (Å²) in [6.45, 7) is 6.39. The van der Waals surface area contributed by atoms with Gasteiger partial charge in [-0.1, -0.05) is 63.2 Å².